The summed E-state index contributed by atoms with van der Waals surface area (Å²) in [6.07, 6.45) is 2.09. The van der Waals surface area contributed by atoms with Crippen molar-refractivity contribution >= 4 is 17.7 Å². The lowest BCUT2D eigenvalue weighted by atomic mass is 10.2. The van der Waals surface area contributed by atoms with Crippen LogP contribution in [0.15, 0.2) is 0 Å². The van der Waals surface area contributed by atoms with Gasteiger partial charge in [-0.15, -0.1) is 0 Å². The lowest BCUT2D eigenvalue weighted by molar-refractivity contribution is -0.119. The van der Waals surface area contributed by atoms with Gasteiger partial charge in [0.1, 0.15) is 0 Å². The number of carbonyl (C=O) groups is 1. The SMILES string of the molecule is CNC(=O)CNCC(C)CSC. The molecule has 0 fully saturated rings. The summed E-state index contributed by atoms with van der Waals surface area (Å²) >= 11 is 1.83. The summed E-state index contributed by atoms with van der Waals surface area (Å²) in [6, 6.07) is 0. The lowest BCUT2D eigenvalue weighted by Crippen LogP contribution is -2.34. The number of carbonyl (C=O) groups excluding carboxylic acids is 1. The van der Waals surface area contributed by atoms with E-state index in [-0.39, 0.29) is 5.91 Å². The minimum Gasteiger partial charge on any atom is -0.358 e. The van der Waals surface area contributed by atoms with Crippen molar-refractivity contribution in [3.8, 4) is 0 Å². The second kappa shape index (κ2) is 7.43. The van der Waals surface area contributed by atoms with E-state index in [0.29, 0.717) is 12.5 Å². The van der Waals surface area contributed by atoms with Gasteiger partial charge < -0.3 is 10.6 Å². The van der Waals surface area contributed by atoms with Crippen LogP contribution < -0.4 is 10.6 Å². The Bertz CT molecular complexity index is 130. The molecule has 0 aliphatic carbocycles. The van der Waals surface area contributed by atoms with Crippen molar-refractivity contribution in [2.45, 2.75) is 6.92 Å². The van der Waals surface area contributed by atoms with E-state index in [9.17, 15) is 4.79 Å². The number of hydrogen-bond acceptors (Lipinski definition) is 3. The van der Waals surface area contributed by atoms with Gasteiger partial charge in [-0.3, -0.25) is 4.79 Å². The fourth-order valence-electron chi connectivity index (χ4n) is 0.864. The van der Waals surface area contributed by atoms with E-state index in [0.717, 1.165) is 12.3 Å². The molecule has 0 saturated heterocycles. The van der Waals surface area contributed by atoms with E-state index in [1.165, 1.54) is 0 Å². The molecular formula is C8H18N2OS. The molecule has 0 aromatic heterocycles. The molecule has 0 spiro atoms. The van der Waals surface area contributed by atoms with Gasteiger partial charge >= 0.3 is 0 Å². The molecule has 0 radical (unpaired) electrons. The molecule has 1 unspecified atom stereocenters. The Hall–Kier alpha value is -0.220. The fraction of sp³-hybridized carbons (Fsp3) is 0.875. The molecule has 0 aliphatic heterocycles. The maximum Gasteiger partial charge on any atom is 0.233 e. The van der Waals surface area contributed by atoms with Crippen LogP contribution in [0.5, 0.6) is 0 Å². The van der Waals surface area contributed by atoms with E-state index in [4.69, 9.17) is 0 Å². The zero-order chi connectivity index (χ0) is 9.40. The fourth-order valence-corrected chi connectivity index (χ4v) is 1.55. The van der Waals surface area contributed by atoms with Crippen LogP contribution in [0.25, 0.3) is 0 Å². The van der Waals surface area contributed by atoms with Gasteiger partial charge in [0.25, 0.3) is 0 Å². The van der Waals surface area contributed by atoms with Crippen molar-refractivity contribution in [3.05, 3.63) is 0 Å². The monoisotopic (exact) mass is 190 g/mol. The average molecular weight is 190 g/mol. The predicted octanol–water partition coefficient (Wildman–Crippen LogP) is 0.321. The van der Waals surface area contributed by atoms with Crippen molar-refractivity contribution < 1.29 is 4.79 Å². The molecule has 2 N–H and O–H groups in total. The topological polar surface area (TPSA) is 41.1 Å². The molecule has 0 heterocycles. The minimum atomic E-state index is 0.0475. The van der Waals surface area contributed by atoms with Crippen LogP contribution in [-0.4, -0.2) is 38.1 Å². The van der Waals surface area contributed by atoms with E-state index < -0.39 is 0 Å². The Morgan fingerprint density at radius 1 is 1.58 bits per heavy atom. The largest absolute Gasteiger partial charge is 0.358 e. The Kier molecular flexibility index (Phi) is 7.29. The Labute approximate surface area is 78.7 Å². The first-order valence-electron chi connectivity index (χ1n) is 4.11. The predicted molar refractivity (Wildman–Crippen MR) is 54.5 cm³/mol. The summed E-state index contributed by atoms with van der Waals surface area (Å²) in [5.74, 6) is 1.82. The Morgan fingerprint density at radius 3 is 2.75 bits per heavy atom. The number of likely N-dealkylation sites (N-methyl/N-ethyl adjacent to an activating group) is 1. The van der Waals surface area contributed by atoms with Crippen molar-refractivity contribution in [1.29, 1.82) is 0 Å². The van der Waals surface area contributed by atoms with Crippen LogP contribution >= 0.6 is 11.8 Å². The van der Waals surface area contributed by atoms with Gasteiger partial charge in [0.2, 0.25) is 5.91 Å². The van der Waals surface area contributed by atoms with E-state index >= 15 is 0 Å². The molecule has 72 valence electrons. The third kappa shape index (κ3) is 6.49. The highest BCUT2D eigenvalue weighted by atomic mass is 32.2. The highest BCUT2D eigenvalue weighted by Gasteiger charge is 2.01. The van der Waals surface area contributed by atoms with E-state index in [1.54, 1.807) is 7.05 Å². The Morgan fingerprint density at radius 2 is 2.25 bits per heavy atom. The summed E-state index contributed by atoms with van der Waals surface area (Å²) in [5, 5.41) is 5.66. The molecule has 0 aromatic rings. The quantitative estimate of drug-likeness (QED) is 0.634. The lowest BCUT2D eigenvalue weighted by Gasteiger charge is -2.09. The van der Waals surface area contributed by atoms with Crippen LogP contribution in [0.4, 0.5) is 0 Å². The molecular weight excluding hydrogens is 172 g/mol. The first-order chi connectivity index (χ1) is 5.70. The standard InChI is InChI=1S/C8H18N2OS/c1-7(6-12-3)4-10-5-8(11)9-2/h7,10H,4-6H2,1-3H3,(H,9,11). The third-order valence-electron chi connectivity index (χ3n) is 1.51. The van der Waals surface area contributed by atoms with E-state index in [2.05, 4.69) is 23.8 Å². The molecule has 1 atom stereocenters. The molecule has 1 amide bonds. The summed E-state index contributed by atoms with van der Waals surface area (Å²) in [5.41, 5.74) is 0. The minimum absolute atomic E-state index is 0.0475. The first kappa shape index (κ1) is 11.8. The van der Waals surface area contributed by atoms with Crippen LogP contribution in [0.1, 0.15) is 6.92 Å². The molecule has 4 heteroatoms. The number of hydrogen-bond donors (Lipinski definition) is 2. The third-order valence-corrected chi connectivity index (χ3v) is 2.41. The summed E-state index contributed by atoms with van der Waals surface area (Å²) in [7, 11) is 1.65. The van der Waals surface area contributed by atoms with Crippen molar-refractivity contribution in [3.63, 3.8) is 0 Å². The van der Waals surface area contributed by atoms with Gasteiger partial charge in [-0.05, 0) is 24.5 Å². The van der Waals surface area contributed by atoms with Gasteiger partial charge in [-0.1, -0.05) is 6.92 Å². The first-order valence-corrected chi connectivity index (χ1v) is 5.50. The highest BCUT2D eigenvalue weighted by Crippen LogP contribution is 2.01. The van der Waals surface area contributed by atoms with Crippen molar-refractivity contribution in [2.75, 3.05) is 32.1 Å². The number of rotatable bonds is 6. The molecule has 0 saturated carbocycles. The highest BCUT2D eigenvalue weighted by molar-refractivity contribution is 7.98. The smallest absolute Gasteiger partial charge is 0.233 e. The van der Waals surface area contributed by atoms with Gasteiger partial charge in [0, 0.05) is 7.05 Å². The van der Waals surface area contributed by atoms with Crippen LogP contribution in [0.3, 0.4) is 0 Å². The number of nitrogens with one attached hydrogen (secondary N) is 2. The second-order valence-electron chi connectivity index (χ2n) is 2.86. The van der Waals surface area contributed by atoms with E-state index in [1.807, 2.05) is 11.8 Å². The maximum absolute atomic E-state index is 10.8. The van der Waals surface area contributed by atoms with Crippen LogP contribution in [-0.2, 0) is 4.79 Å². The molecule has 12 heavy (non-hydrogen) atoms. The zero-order valence-corrected chi connectivity index (χ0v) is 8.83. The summed E-state index contributed by atoms with van der Waals surface area (Å²) < 4.78 is 0. The normalized spacial score (nSPS) is 12.6. The molecule has 0 bridgehead atoms. The van der Waals surface area contributed by atoms with Crippen molar-refractivity contribution in [2.24, 2.45) is 5.92 Å². The molecule has 0 aromatic carbocycles. The molecule has 3 nitrogen and oxygen atoms in total. The molecule has 0 rings (SSSR count). The van der Waals surface area contributed by atoms with Gasteiger partial charge in [-0.2, -0.15) is 11.8 Å². The van der Waals surface area contributed by atoms with Gasteiger partial charge in [-0.25, -0.2) is 0 Å². The molecule has 0 aliphatic rings. The number of amides is 1. The zero-order valence-electron chi connectivity index (χ0n) is 8.02. The maximum atomic E-state index is 10.8. The summed E-state index contributed by atoms with van der Waals surface area (Å²) in [6.45, 7) is 3.51. The van der Waals surface area contributed by atoms with Gasteiger partial charge in [0.05, 0.1) is 6.54 Å². The Balaban J connectivity index is 3.24. The number of thioether (sulfide) groups is 1. The van der Waals surface area contributed by atoms with Crippen LogP contribution in [0.2, 0.25) is 0 Å². The van der Waals surface area contributed by atoms with Gasteiger partial charge in [0.15, 0.2) is 0 Å². The summed E-state index contributed by atoms with van der Waals surface area (Å²) in [4.78, 5) is 10.8. The second-order valence-corrected chi connectivity index (χ2v) is 3.78. The van der Waals surface area contributed by atoms with Crippen LogP contribution in [0, 0.1) is 5.92 Å². The van der Waals surface area contributed by atoms with Crippen molar-refractivity contribution in [1.82, 2.24) is 10.6 Å². The average Bonchev–Trinajstić information content (AvgIpc) is 2.04.